The Morgan fingerprint density at radius 1 is 0.731 bits per heavy atom. The van der Waals surface area contributed by atoms with Crippen LogP contribution in [0.25, 0.3) is 21.9 Å². The SMILES string of the molecule is CC=CCOc1ccc(-c2ccc3cc(CC/C=C/C)ccc3c2)cc1. The van der Waals surface area contributed by atoms with Crippen LogP contribution in [0.3, 0.4) is 0 Å². The van der Waals surface area contributed by atoms with Crippen molar-refractivity contribution in [1.29, 1.82) is 0 Å². The van der Waals surface area contributed by atoms with Crippen LogP contribution >= 0.6 is 0 Å². The highest BCUT2D eigenvalue weighted by atomic mass is 16.5. The highest BCUT2D eigenvalue weighted by Crippen LogP contribution is 2.27. The number of benzene rings is 3. The molecule has 3 aromatic rings. The molecule has 1 heteroatoms. The van der Waals surface area contributed by atoms with E-state index >= 15 is 0 Å². The molecule has 3 aromatic carbocycles. The van der Waals surface area contributed by atoms with Crippen molar-refractivity contribution in [3.63, 3.8) is 0 Å². The van der Waals surface area contributed by atoms with E-state index in [1.807, 2.05) is 31.2 Å². The predicted octanol–water partition coefficient (Wildman–Crippen LogP) is 6.97. The summed E-state index contributed by atoms with van der Waals surface area (Å²) >= 11 is 0. The normalized spacial score (nSPS) is 11.6. The Hall–Kier alpha value is -2.80. The maximum absolute atomic E-state index is 5.67. The zero-order valence-electron chi connectivity index (χ0n) is 15.6. The fraction of sp³-hybridized carbons (Fsp3) is 0.200. The molecule has 0 fully saturated rings. The third-order valence-corrected chi connectivity index (χ3v) is 4.51. The standard InChI is InChI=1S/C25H26O/c1-3-5-7-8-20-9-10-24-19-23(12-11-22(24)18-20)21-13-15-25(16-14-21)26-17-6-4-2/h3-6,9-16,18-19H,7-8,17H2,1-2H3/b5-3+,6-4?. The first-order valence-electron chi connectivity index (χ1n) is 9.28. The first-order valence-corrected chi connectivity index (χ1v) is 9.28. The summed E-state index contributed by atoms with van der Waals surface area (Å²) < 4.78 is 5.67. The van der Waals surface area contributed by atoms with Crippen LogP contribution < -0.4 is 4.74 Å². The average Bonchev–Trinajstić information content (AvgIpc) is 2.68. The van der Waals surface area contributed by atoms with Crippen molar-refractivity contribution in [2.75, 3.05) is 6.61 Å². The van der Waals surface area contributed by atoms with Gasteiger partial charge in [0.2, 0.25) is 0 Å². The van der Waals surface area contributed by atoms with Crippen LogP contribution in [0, 0.1) is 0 Å². The molecule has 0 atom stereocenters. The number of hydrogen-bond donors (Lipinski definition) is 0. The minimum atomic E-state index is 0.613. The van der Waals surface area contributed by atoms with Gasteiger partial charge in [-0.15, -0.1) is 0 Å². The molecule has 0 aliphatic heterocycles. The van der Waals surface area contributed by atoms with E-state index in [4.69, 9.17) is 4.74 Å². The lowest BCUT2D eigenvalue weighted by Crippen LogP contribution is -1.92. The van der Waals surface area contributed by atoms with Crippen LogP contribution in [-0.4, -0.2) is 6.61 Å². The second kappa shape index (κ2) is 9.05. The highest BCUT2D eigenvalue weighted by molar-refractivity contribution is 5.87. The van der Waals surface area contributed by atoms with Crippen LogP contribution in [-0.2, 0) is 6.42 Å². The Kier molecular flexibility index (Phi) is 6.27. The summed E-state index contributed by atoms with van der Waals surface area (Å²) in [6, 6.07) is 21.8. The number of allylic oxidation sites excluding steroid dienone is 3. The highest BCUT2D eigenvalue weighted by Gasteiger charge is 2.02. The lowest BCUT2D eigenvalue weighted by Gasteiger charge is -2.08. The largest absolute Gasteiger partial charge is 0.490 e. The maximum atomic E-state index is 5.67. The van der Waals surface area contributed by atoms with Gasteiger partial charge in [-0.05, 0) is 72.4 Å². The lowest BCUT2D eigenvalue weighted by atomic mass is 9.99. The average molecular weight is 342 g/mol. The van der Waals surface area contributed by atoms with Gasteiger partial charge in [0.25, 0.3) is 0 Å². The summed E-state index contributed by atoms with van der Waals surface area (Å²) in [5.74, 6) is 0.901. The molecule has 26 heavy (non-hydrogen) atoms. The third-order valence-electron chi connectivity index (χ3n) is 4.51. The van der Waals surface area contributed by atoms with Gasteiger partial charge in [-0.25, -0.2) is 0 Å². The summed E-state index contributed by atoms with van der Waals surface area (Å²) in [5.41, 5.74) is 3.84. The molecule has 132 valence electrons. The Morgan fingerprint density at radius 2 is 1.42 bits per heavy atom. The maximum Gasteiger partial charge on any atom is 0.119 e. The first kappa shape index (κ1) is 18.0. The molecular formula is C25H26O. The van der Waals surface area contributed by atoms with Gasteiger partial charge in [0.1, 0.15) is 12.4 Å². The van der Waals surface area contributed by atoms with Gasteiger partial charge in [-0.3, -0.25) is 0 Å². The Bertz CT molecular complexity index is 901. The van der Waals surface area contributed by atoms with Gasteiger partial charge >= 0.3 is 0 Å². The third kappa shape index (κ3) is 4.64. The number of aryl methyl sites for hydroxylation is 1. The zero-order valence-corrected chi connectivity index (χ0v) is 15.6. The molecule has 0 aliphatic carbocycles. The van der Waals surface area contributed by atoms with Crippen LogP contribution in [0.1, 0.15) is 25.8 Å². The van der Waals surface area contributed by atoms with E-state index in [1.54, 1.807) is 0 Å². The molecule has 0 aliphatic rings. The van der Waals surface area contributed by atoms with Crippen LogP contribution in [0.2, 0.25) is 0 Å². The van der Waals surface area contributed by atoms with Crippen LogP contribution in [0.15, 0.2) is 85.0 Å². The van der Waals surface area contributed by atoms with Crippen molar-refractivity contribution in [2.45, 2.75) is 26.7 Å². The molecule has 0 saturated carbocycles. The Morgan fingerprint density at radius 3 is 2.19 bits per heavy atom. The first-order chi connectivity index (χ1) is 12.8. The Balaban J connectivity index is 1.77. The van der Waals surface area contributed by atoms with Gasteiger partial charge in [0.15, 0.2) is 0 Å². The van der Waals surface area contributed by atoms with Crippen LogP contribution in [0.5, 0.6) is 5.75 Å². The van der Waals surface area contributed by atoms with Gasteiger partial charge < -0.3 is 4.74 Å². The topological polar surface area (TPSA) is 9.23 Å². The molecule has 0 unspecified atom stereocenters. The zero-order chi connectivity index (χ0) is 18.2. The molecule has 0 bridgehead atoms. The summed E-state index contributed by atoms with van der Waals surface area (Å²) in [7, 11) is 0. The van der Waals surface area contributed by atoms with Crippen molar-refractivity contribution in [3.8, 4) is 16.9 Å². The van der Waals surface area contributed by atoms with E-state index < -0.39 is 0 Å². The molecule has 1 nitrogen and oxygen atoms in total. The summed E-state index contributed by atoms with van der Waals surface area (Å²) in [5, 5.41) is 2.59. The van der Waals surface area contributed by atoms with Gasteiger partial charge in [0, 0.05) is 0 Å². The molecular weight excluding hydrogens is 316 g/mol. The molecule has 0 N–H and O–H groups in total. The molecule has 0 saturated heterocycles. The fourth-order valence-electron chi connectivity index (χ4n) is 3.03. The van der Waals surface area contributed by atoms with Crippen LogP contribution in [0.4, 0.5) is 0 Å². The molecule has 0 aromatic heterocycles. The van der Waals surface area contributed by atoms with Crippen molar-refractivity contribution in [3.05, 3.63) is 90.5 Å². The van der Waals surface area contributed by atoms with Crippen molar-refractivity contribution in [1.82, 2.24) is 0 Å². The van der Waals surface area contributed by atoms with E-state index in [1.165, 1.54) is 27.5 Å². The summed E-state index contributed by atoms with van der Waals surface area (Å²) in [6.45, 7) is 4.68. The van der Waals surface area contributed by atoms with Gasteiger partial charge in [-0.1, -0.05) is 66.8 Å². The Labute approximate surface area is 156 Å². The minimum Gasteiger partial charge on any atom is -0.490 e. The smallest absolute Gasteiger partial charge is 0.119 e. The molecule has 0 heterocycles. The van der Waals surface area contributed by atoms with Crippen molar-refractivity contribution < 1.29 is 4.74 Å². The van der Waals surface area contributed by atoms with E-state index in [9.17, 15) is 0 Å². The minimum absolute atomic E-state index is 0.613. The van der Waals surface area contributed by atoms with Gasteiger partial charge in [0.05, 0.1) is 0 Å². The van der Waals surface area contributed by atoms with E-state index in [-0.39, 0.29) is 0 Å². The molecule has 0 spiro atoms. The lowest BCUT2D eigenvalue weighted by molar-refractivity contribution is 0.363. The monoisotopic (exact) mass is 342 g/mol. The second-order valence-corrected chi connectivity index (χ2v) is 6.41. The predicted molar refractivity (Wildman–Crippen MR) is 113 cm³/mol. The number of rotatable bonds is 7. The quantitative estimate of drug-likeness (QED) is 0.421. The summed E-state index contributed by atoms with van der Waals surface area (Å²) in [6.07, 6.45) is 10.5. The fourth-order valence-corrected chi connectivity index (χ4v) is 3.03. The molecule has 3 rings (SSSR count). The molecule has 0 radical (unpaired) electrons. The van der Waals surface area contributed by atoms with E-state index in [0.29, 0.717) is 6.61 Å². The molecule has 0 amide bonds. The number of ether oxygens (including phenoxy) is 1. The second-order valence-electron chi connectivity index (χ2n) is 6.41. The van der Waals surface area contributed by atoms with E-state index in [0.717, 1.165) is 18.6 Å². The van der Waals surface area contributed by atoms with E-state index in [2.05, 4.69) is 67.6 Å². The van der Waals surface area contributed by atoms with Gasteiger partial charge in [-0.2, -0.15) is 0 Å². The van der Waals surface area contributed by atoms with Crippen molar-refractivity contribution in [2.24, 2.45) is 0 Å². The number of hydrogen-bond acceptors (Lipinski definition) is 1. The number of fused-ring (bicyclic) bond motifs is 1. The van der Waals surface area contributed by atoms with Crippen molar-refractivity contribution >= 4 is 10.8 Å². The summed E-state index contributed by atoms with van der Waals surface area (Å²) in [4.78, 5) is 0.